The topological polar surface area (TPSA) is 168 Å². The Morgan fingerprint density at radius 1 is 0.727 bits per heavy atom. The predicted molar refractivity (Wildman–Crippen MR) is 216 cm³/mol. The number of carbonyl (C=O) groups is 6. The molecule has 2 aromatic rings. The Labute approximate surface area is 328 Å². The number of aliphatic carboxylic acids is 1. The highest BCUT2D eigenvalue weighted by Crippen LogP contribution is 2.24. The molecule has 0 saturated heterocycles. The van der Waals surface area contributed by atoms with E-state index in [1.807, 2.05) is 32.9 Å². The maximum atomic E-state index is 13.9. The number of carbonyl (C=O) groups excluding carboxylic acids is 5. The second-order valence-electron chi connectivity index (χ2n) is 16.1. The molecule has 0 spiro atoms. The van der Waals surface area contributed by atoms with Crippen molar-refractivity contribution in [2.45, 2.75) is 144 Å². The van der Waals surface area contributed by atoms with Crippen LogP contribution in [-0.2, 0) is 30.3 Å². The number of alkyl carbamates (subject to hydrolysis) is 1. The fraction of sp³-hybridized carbons (Fsp3) is 0.591. The molecular formula is C44H65N3O8. The lowest BCUT2D eigenvalue weighted by molar-refractivity contribution is -0.143. The number of benzene rings is 2. The van der Waals surface area contributed by atoms with Crippen molar-refractivity contribution in [1.82, 2.24) is 16.0 Å². The van der Waals surface area contributed by atoms with Gasteiger partial charge in [0, 0.05) is 36.8 Å². The van der Waals surface area contributed by atoms with Gasteiger partial charge in [-0.05, 0) is 75.5 Å². The molecule has 3 amide bonds. The molecule has 11 nitrogen and oxygen atoms in total. The van der Waals surface area contributed by atoms with Crippen LogP contribution in [0, 0.1) is 17.8 Å². The molecular weight excluding hydrogens is 698 g/mol. The standard InChI is InChI=1S/C44H65N3O8/c1-9-11-13-15-35(28-38(48)34-22-20-33(21-23-34)32-18-16-31(17-19-32)14-12-10-2)41(51)46-36(24-25-45-43(54)55-44(6,7)8)39(49)27-30(5)40(50)47-37(42(52)53)26-29(3)4/h16-23,29-30,35-37H,9-15,24-28H2,1-8H3,(H,45,54)(H,46,51)(H,47,50)(H,52,53)/t30-,35-,36+,37+/m1/s1. The highest BCUT2D eigenvalue weighted by Gasteiger charge is 2.31. The molecule has 11 heteroatoms. The Kier molecular flexibility index (Phi) is 19.8. The number of Topliss-reactive ketones (excluding diaryl/α,β-unsaturated/α-hetero) is 2. The number of carboxylic acids is 1. The Bertz CT molecular complexity index is 1550. The fourth-order valence-corrected chi connectivity index (χ4v) is 6.18. The van der Waals surface area contributed by atoms with Crippen LogP contribution in [0.1, 0.15) is 136 Å². The van der Waals surface area contributed by atoms with Gasteiger partial charge in [-0.1, -0.05) is 109 Å². The monoisotopic (exact) mass is 763 g/mol. The lowest BCUT2D eigenvalue weighted by Gasteiger charge is -2.24. The summed E-state index contributed by atoms with van der Waals surface area (Å²) in [5, 5.41) is 17.6. The third-order valence-electron chi connectivity index (χ3n) is 9.35. The van der Waals surface area contributed by atoms with Crippen LogP contribution in [0.4, 0.5) is 4.79 Å². The van der Waals surface area contributed by atoms with E-state index < -0.39 is 59.2 Å². The number of hydrogen-bond donors (Lipinski definition) is 4. The quantitative estimate of drug-likeness (QED) is 0.0615. The van der Waals surface area contributed by atoms with Crippen molar-refractivity contribution in [3.8, 4) is 11.1 Å². The maximum Gasteiger partial charge on any atom is 0.407 e. The van der Waals surface area contributed by atoms with E-state index in [4.69, 9.17) is 4.74 Å². The van der Waals surface area contributed by atoms with Crippen LogP contribution in [0.2, 0.25) is 0 Å². The molecule has 4 N–H and O–H groups in total. The number of carboxylic acid groups (broad SMARTS) is 1. The molecule has 0 heterocycles. The second-order valence-corrected chi connectivity index (χ2v) is 16.1. The minimum absolute atomic E-state index is 0.00506. The first-order chi connectivity index (χ1) is 25.9. The smallest absolute Gasteiger partial charge is 0.407 e. The first-order valence-corrected chi connectivity index (χ1v) is 20.0. The Morgan fingerprint density at radius 2 is 1.31 bits per heavy atom. The van der Waals surface area contributed by atoms with E-state index in [-0.39, 0.29) is 43.9 Å². The zero-order valence-electron chi connectivity index (χ0n) is 34.3. The van der Waals surface area contributed by atoms with Crippen molar-refractivity contribution in [2.75, 3.05) is 6.54 Å². The van der Waals surface area contributed by atoms with E-state index in [2.05, 4.69) is 47.1 Å². The first-order valence-electron chi connectivity index (χ1n) is 20.0. The van der Waals surface area contributed by atoms with Gasteiger partial charge in [0.05, 0.1) is 6.04 Å². The van der Waals surface area contributed by atoms with Crippen LogP contribution in [-0.4, -0.2) is 64.8 Å². The molecule has 0 fully saturated rings. The van der Waals surface area contributed by atoms with Crippen molar-refractivity contribution < 1.29 is 38.6 Å². The van der Waals surface area contributed by atoms with Gasteiger partial charge in [-0.15, -0.1) is 0 Å². The minimum atomic E-state index is -1.16. The van der Waals surface area contributed by atoms with Gasteiger partial charge in [-0.25, -0.2) is 9.59 Å². The maximum absolute atomic E-state index is 13.9. The summed E-state index contributed by atoms with van der Waals surface area (Å²) in [6, 6.07) is 13.6. The summed E-state index contributed by atoms with van der Waals surface area (Å²) >= 11 is 0. The van der Waals surface area contributed by atoms with Gasteiger partial charge in [0.15, 0.2) is 11.6 Å². The van der Waals surface area contributed by atoms with Gasteiger partial charge in [0.1, 0.15) is 11.6 Å². The normalized spacial score (nSPS) is 13.6. The highest BCUT2D eigenvalue weighted by molar-refractivity contribution is 6.00. The molecule has 0 aliphatic rings. The zero-order chi connectivity index (χ0) is 41.1. The minimum Gasteiger partial charge on any atom is -0.480 e. The highest BCUT2D eigenvalue weighted by atomic mass is 16.6. The number of aryl methyl sites for hydroxylation is 1. The van der Waals surface area contributed by atoms with Gasteiger partial charge in [-0.2, -0.15) is 0 Å². The van der Waals surface area contributed by atoms with Crippen LogP contribution in [0.3, 0.4) is 0 Å². The van der Waals surface area contributed by atoms with Crippen LogP contribution in [0.5, 0.6) is 0 Å². The van der Waals surface area contributed by atoms with Crippen molar-refractivity contribution in [2.24, 2.45) is 17.8 Å². The largest absolute Gasteiger partial charge is 0.480 e. The summed E-state index contributed by atoms with van der Waals surface area (Å²) in [6.45, 7) is 14.6. The zero-order valence-corrected chi connectivity index (χ0v) is 34.3. The van der Waals surface area contributed by atoms with Gasteiger partial charge < -0.3 is 25.8 Å². The van der Waals surface area contributed by atoms with Crippen LogP contribution >= 0.6 is 0 Å². The van der Waals surface area contributed by atoms with E-state index in [9.17, 15) is 33.9 Å². The summed E-state index contributed by atoms with van der Waals surface area (Å²) < 4.78 is 5.31. The number of ketones is 2. The fourth-order valence-electron chi connectivity index (χ4n) is 6.18. The Hall–Kier alpha value is -4.54. The summed E-state index contributed by atoms with van der Waals surface area (Å²) in [7, 11) is 0. The van der Waals surface area contributed by atoms with Crippen LogP contribution in [0.15, 0.2) is 48.5 Å². The molecule has 2 rings (SSSR count). The molecule has 0 radical (unpaired) electrons. The van der Waals surface area contributed by atoms with Crippen LogP contribution in [0.25, 0.3) is 11.1 Å². The van der Waals surface area contributed by atoms with Gasteiger partial charge in [0.2, 0.25) is 11.8 Å². The van der Waals surface area contributed by atoms with Gasteiger partial charge in [-0.3, -0.25) is 19.2 Å². The molecule has 0 aromatic heterocycles. The van der Waals surface area contributed by atoms with E-state index in [0.717, 1.165) is 43.2 Å². The SMILES string of the molecule is CCCCC[C@H](CC(=O)c1ccc(-c2ccc(CCCC)cc2)cc1)C(=O)N[C@@H](CCNC(=O)OC(C)(C)C)C(=O)C[C@@H](C)C(=O)N[C@@H](CC(C)C)C(=O)O. The first kappa shape index (κ1) is 46.6. The number of unbranched alkanes of at least 4 members (excludes halogenated alkanes) is 3. The molecule has 304 valence electrons. The molecule has 0 aliphatic carbocycles. The molecule has 0 aliphatic heterocycles. The van der Waals surface area contributed by atoms with E-state index in [1.54, 1.807) is 32.9 Å². The van der Waals surface area contributed by atoms with Crippen molar-refractivity contribution in [3.63, 3.8) is 0 Å². The Balaban J connectivity index is 2.23. The molecule has 0 unspecified atom stereocenters. The summed E-state index contributed by atoms with van der Waals surface area (Å²) in [5.74, 6) is -4.43. The summed E-state index contributed by atoms with van der Waals surface area (Å²) in [6.07, 6.45) is 5.50. The molecule has 4 atom stereocenters. The number of ether oxygens (including phenoxy) is 1. The average Bonchev–Trinajstić information content (AvgIpc) is 3.12. The second kappa shape index (κ2) is 23.4. The summed E-state index contributed by atoms with van der Waals surface area (Å²) in [5.41, 5.74) is 3.08. The van der Waals surface area contributed by atoms with Crippen molar-refractivity contribution in [3.05, 3.63) is 59.7 Å². The Morgan fingerprint density at radius 3 is 1.85 bits per heavy atom. The third kappa shape index (κ3) is 17.6. The number of amides is 3. The lowest BCUT2D eigenvalue weighted by atomic mass is 9.90. The van der Waals surface area contributed by atoms with Gasteiger partial charge in [0.25, 0.3) is 0 Å². The molecule has 0 bridgehead atoms. The van der Waals surface area contributed by atoms with E-state index >= 15 is 0 Å². The van der Waals surface area contributed by atoms with Crippen LogP contribution < -0.4 is 16.0 Å². The van der Waals surface area contributed by atoms with Crippen molar-refractivity contribution in [1.29, 1.82) is 0 Å². The number of nitrogens with one attached hydrogen (secondary N) is 3. The van der Waals surface area contributed by atoms with Crippen molar-refractivity contribution >= 4 is 35.4 Å². The molecule has 0 saturated carbocycles. The molecule has 55 heavy (non-hydrogen) atoms. The lowest BCUT2D eigenvalue weighted by Crippen LogP contribution is -2.48. The summed E-state index contributed by atoms with van der Waals surface area (Å²) in [4.78, 5) is 78.3. The third-order valence-corrected chi connectivity index (χ3v) is 9.35. The number of hydrogen-bond acceptors (Lipinski definition) is 7. The van der Waals surface area contributed by atoms with E-state index in [1.165, 1.54) is 12.5 Å². The predicted octanol–water partition coefficient (Wildman–Crippen LogP) is 8.08. The van der Waals surface area contributed by atoms with E-state index in [0.29, 0.717) is 18.4 Å². The number of rotatable bonds is 24. The van der Waals surface area contributed by atoms with Gasteiger partial charge >= 0.3 is 12.1 Å². The average molecular weight is 764 g/mol. The molecule has 2 aromatic carbocycles.